The van der Waals surface area contributed by atoms with Crippen LogP contribution in [0.2, 0.25) is 0 Å². The largest absolute Gasteiger partial charge is 0.493 e. The van der Waals surface area contributed by atoms with Crippen molar-refractivity contribution >= 4 is 5.95 Å². The van der Waals surface area contributed by atoms with Gasteiger partial charge < -0.3 is 19.1 Å². The van der Waals surface area contributed by atoms with Crippen LogP contribution in [0.1, 0.15) is 43.9 Å². The number of nitrogens with zero attached hydrogens (tertiary/aromatic N) is 3. The lowest BCUT2D eigenvalue weighted by Gasteiger charge is -2.32. The molecule has 8 heteroatoms. The molecule has 2 aliphatic rings. The number of hydrogen-bond acceptors (Lipinski definition) is 7. The van der Waals surface area contributed by atoms with E-state index in [4.69, 9.17) is 19.2 Å². The molecule has 1 aromatic carbocycles. The lowest BCUT2D eigenvalue weighted by molar-refractivity contribution is 0.122. The SMILES string of the molecule is COc1ccc(CN2CCC(c3cc(=O)[nH]c(N4CCOCC4)n3)CC2)cc1OC(C)C. The van der Waals surface area contributed by atoms with E-state index >= 15 is 0 Å². The summed E-state index contributed by atoms with van der Waals surface area (Å²) < 4.78 is 16.8. The van der Waals surface area contributed by atoms with Crippen molar-refractivity contribution in [3.05, 3.63) is 45.9 Å². The maximum absolute atomic E-state index is 12.3. The zero-order valence-electron chi connectivity index (χ0n) is 19.3. The predicted molar refractivity (Wildman–Crippen MR) is 124 cm³/mol. The van der Waals surface area contributed by atoms with E-state index in [1.807, 2.05) is 19.9 Å². The average molecular weight is 443 g/mol. The van der Waals surface area contributed by atoms with Crippen molar-refractivity contribution in [3.63, 3.8) is 0 Å². The summed E-state index contributed by atoms with van der Waals surface area (Å²) >= 11 is 0. The molecule has 1 aromatic heterocycles. The van der Waals surface area contributed by atoms with E-state index in [-0.39, 0.29) is 11.7 Å². The van der Waals surface area contributed by atoms with Crippen LogP contribution in [-0.2, 0) is 11.3 Å². The third-order valence-electron chi connectivity index (χ3n) is 6.06. The molecular formula is C24H34N4O4. The number of hydrogen-bond donors (Lipinski definition) is 1. The fourth-order valence-corrected chi connectivity index (χ4v) is 4.41. The molecule has 1 N–H and O–H groups in total. The molecule has 0 radical (unpaired) electrons. The Morgan fingerprint density at radius 2 is 1.88 bits per heavy atom. The highest BCUT2D eigenvalue weighted by Gasteiger charge is 2.24. The standard InChI is InChI=1S/C24H34N4O4/c1-17(2)32-22-14-18(4-5-21(22)30-3)16-27-8-6-19(7-9-27)20-15-23(29)26-24(25-20)28-10-12-31-13-11-28/h4-5,14-15,17,19H,6-13,16H2,1-3H3,(H,25,26,29). The van der Waals surface area contributed by atoms with Crippen molar-refractivity contribution in [2.24, 2.45) is 0 Å². The van der Waals surface area contributed by atoms with E-state index in [1.165, 1.54) is 5.56 Å². The highest BCUT2D eigenvalue weighted by Crippen LogP contribution is 2.31. The second-order valence-electron chi connectivity index (χ2n) is 8.80. The second-order valence-corrected chi connectivity index (χ2v) is 8.80. The summed E-state index contributed by atoms with van der Waals surface area (Å²) in [4.78, 5) is 24.5. The Balaban J connectivity index is 1.38. The van der Waals surface area contributed by atoms with Gasteiger partial charge in [-0.05, 0) is 57.5 Å². The lowest BCUT2D eigenvalue weighted by Crippen LogP contribution is -2.39. The average Bonchev–Trinajstić information content (AvgIpc) is 2.79. The summed E-state index contributed by atoms with van der Waals surface area (Å²) in [6, 6.07) is 7.83. The Hall–Kier alpha value is -2.58. The van der Waals surface area contributed by atoms with Gasteiger partial charge in [0, 0.05) is 31.6 Å². The van der Waals surface area contributed by atoms with Crippen molar-refractivity contribution in [1.82, 2.24) is 14.9 Å². The van der Waals surface area contributed by atoms with Crippen molar-refractivity contribution in [3.8, 4) is 11.5 Å². The summed E-state index contributed by atoms with van der Waals surface area (Å²) in [5, 5.41) is 0. The molecular weight excluding hydrogens is 408 g/mol. The minimum absolute atomic E-state index is 0.0742. The van der Waals surface area contributed by atoms with E-state index in [1.54, 1.807) is 13.2 Å². The number of H-pyrrole nitrogens is 1. The first kappa shape index (κ1) is 22.6. The highest BCUT2D eigenvalue weighted by atomic mass is 16.5. The Kier molecular flexibility index (Phi) is 7.32. The number of rotatable bonds is 7. The molecule has 2 fully saturated rings. The molecule has 2 aliphatic heterocycles. The summed E-state index contributed by atoms with van der Waals surface area (Å²) in [5.41, 5.74) is 2.05. The molecule has 4 rings (SSSR count). The Labute approximate surface area is 189 Å². The number of aromatic nitrogens is 2. The number of likely N-dealkylation sites (tertiary alicyclic amines) is 1. The molecule has 3 heterocycles. The van der Waals surface area contributed by atoms with Gasteiger partial charge in [-0.1, -0.05) is 6.07 Å². The quantitative estimate of drug-likeness (QED) is 0.706. The number of ether oxygens (including phenoxy) is 3. The van der Waals surface area contributed by atoms with Gasteiger partial charge in [0.1, 0.15) is 0 Å². The van der Waals surface area contributed by atoms with E-state index in [9.17, 15) is 4.79 Å². The molecule has 2 saturated heterocycles. The van der Waals surface area contributed by atoms with Crippen molar-refractivity contribution < 1.29 is 14.2 Å². The van der Waals surface area contributed by atoms with Crippen LogP contribution in [0, 0.1) is 0 Å². The normalized spacial score (nSPS) is 18.2. The molecule has 8 nitrogen and oxygen atoms in total. The van der Waals surface area contributed by atoms with Crippen molar-refractivity contribution in [2.75, 3.05) is 51.4 Å². The molecule has 32 heavy (non-hydrogen) atoms. The van der Waals surface area contributed by atoms with E-state index in [2.05, 4.69) is 26.9 Å². The lowest BCUT2D eigenvalue weighted by atomic mass is 9.93. The van der Waals surface area contributed by atoms with E-state index in [0.29, 0.717) is 25.1 Å². The van der Waals surface area contributed by atoms with Gasteiger partial charge in [0.05, 0.1) is 32.1 Å². The van der Waals surface area contributed by atoms with Crippen LogP contribution in [0.4, 0.5) is 5.95 Å². The molecule has 0 atom stereocenters. The maximum Gasteiger partial charge on any atom is 0.252 e. The zero-order valence-corrected chi connectivity index (χ0v) is 19.3. The zero-order chi connectivity index (χ0) is 22.5. The Bertz CT molecular complexity index is 947. The first-order valence-corrected chi connectivity index (χ1v) is 11.5. The van der Waals surface area contributed by atoms with Gasteiger partial charge in [-0.2, -0.15) is 0 Å². The molecule has 0 amide bonds. The van der Waals surface area contributed by atoms with Crippen molar-refractivity contribution in [1.29, 1.82) is 0 Å². The van der Waals surface area contributed by atoms with Crippen LogP contribution in [0.15, 0.2) is 29.1 Å². The number of benzene rings is 1. The third kappa shape index (κ3) is 5.61. The fourth-order valence-electron chi connectivity index (χ4n) is 4.41. The Morgan fingerprint density at radius 1 is 1.12 bits per heavy atom. The summed E-state index contributed by atoms with van der Waals surface area (Å²) in [5.74, 6) is 2.54. The summed E-state index contributed by atoms with van der Waals surface area (Å²) in [6.07, 6.45) is 2.08. The minimum Gasteiger partial charge on any atom is -0.493 e. The summed E-state index contributed by atoms with van der Waals surface area (Å²) in [7, 11) is 1.67. The molecule has 0 saturated carbocycles. The van der Waals surface area contributed by atoms with E-state index in [0.717, 1.165) is 62.8 Å². The number of morpholine rings is 1. The van der Waals surface area contributed by atoms with Crippen LogP contribution in [0.3, 0.4) is 0 Å². The van der Waals surface area contributed by atoms with Crippen LogP contribution in [0.5, 0.6) is 11.5 Å². The van der Waals surface area contributed by atoms with Gasteiger partial charge in [0.2, 0.25) is 5.95 Å². The first-order chi connectivity index (χ1) is 15.5. The fraction of sp³-hybridized carbons (Fsp3) is 0.583. The predicted octanol–water partition coefficient (Wildman–Crippen LogP) is 2.78. The van der Waals surface area contributed by atoms with Crippen LogP contribution >= 0.6 is 0 Å². The van der Waals surface area contributed by atoms with Gasteiger partial charge >= 0.3 is 0 Å². The van der Waals surface area contributed by atoms with Gasteiger partial charge in [0.15, 0.2) is 11.5 Å². The number of aromatic amines is 1. The number of methoxy groups -OCH3 is 1. The maximum atomic E-state index is 12.3. The molecule has 174 valence electrons. The molecule has 0 aliphatic carbocycles. The van der Waals surface area contributed by atoms with E-state index < -0.39 is 0 Å². The topological polar surface area (TPSA) is 79.9 Å². The number of anilines is 1. The van der Waals surface area contributed by atoms with Crippen LogP contribution in [0.25, 0.3) is 0 Å². The molecule has 0 unspecified atom stereocenters. The number of nitrogens with one attached hydrogen (secondary N) is 1. The third-order valence-corrected chi connectivity index (χ3v) is 6.06. The molecule has 0 bridgehead atoms. The van der Waals surface area contributed by atoms with Crippen LogP contribution < -0.4 is 19.9 Å². The smallest absolute Gasteiger partial charge is 0.252 e. The van der Waals surface area contributed by atoms with Gasteiger partial charge in [-0.3, -0.25) is 14.7 Å². The highest BCUT2D eigenvalue weighted by molar-refractivity contribution is 5.43. The monoisotopic (exact) mass is 442 g/mol. The summed E-state index contributed by atoms with van der Waals surface area (Å²) in [6.45, 7) is 9.70. The van der Waals surface area contributed by atoms with Crippen LogP contribution in [-0.4, -0.2) is 67.5 Å². The van der Waals surface area contributed by atoms with Gasteiger partial charge in [-0.25, -0.2) is 4.98 Å². The molecule has 2 aromatic rings. The second kappa shape index (κ2) is 10.4. The van der Waals surface area contributed by atoms with Crippen molar-refractivity contribution in [2.45, 2.75) is 45.3 Å². The minimum atomic E-state index is -0.0742. The first-order valence-electron chi connectivity index (χ1n) is 11.5. The number of piperidine rings is 1. The molecule has 0 spiro atoms. The van der Waals surface area contributed by atoms with Gasteiger partial charge in [-0.15, -0.1) is 0 Å². The van der Waals surface area contributed by atoms with Gasteiger partial charge in [0.25, 0.3) is 5.56 Å². The Morgan fingerprint density at radius 3 is 2.56 bits per heavy atom.